The van der Waals surface area contributed by atoms with Gasteiger partial charge in [-0.25, -0.2) is 0 Å². The van der Waals surface area contributed by atoms with Crippen LogP contribution in [0, 0.1) is 12.3 Å². The van der Waals surface area contributed by atoms with E-state index in [0.29, 0.717) is 0 Å². The van der Waals surface area contributed by atoms with Gasteiger partial charge in [-0.3, -0.25) is 0 Å². The maximum Gasteiger partial charge on any atom is -0.0355 e. The van der Waals surface area contributed by atoms with Crippen LogP contribution in [0.15, 0.2) is 0 Å². The molecule has 169 valence electrons. The van der Waals surface area contributed by atoms with Gasteiger partial charge in [0.1, 0.15) is 0 Å². The van der Waals surface area contributed by atoms with Gasteiger partial charge < -0.3 is 0 Å². The largest absolute Gasteiger partial charge is 0.0654 e. The fourth-order valence-electron chi connectivity index (χ4n) is 4.39. The predicted octanol–water partition coefficient (Wildman–Crippen LogP) is 10.8. The third-order valence-corrected chi connectivity index (χ3v) is 6.41. The van der Waals surface area contributed by atoms with Crippen LogP contribution in [0.2, 0.25) is 0 Å². The van der Waals surface area contributed by atoms with Gasteiger partial charge in [-0.2, -0.15) is 0 Å². The van der Waals surface area contributed by atoms with Crippen LogP contribution >= 0.6 is 0 Å². The zero-order valence-corrected chi connectivity index (χ0v) is 20.4. The number of hydrogen-bond acceptors (Lipinski definition) is 0. The first kappa shape index (κ1) is 28.0. The minimum absolute atomic E-state index is 0.918. The van der Waals surface area contributed by atoms with Crippen molar-refractivity contribution in [1.29, 1.82) is 0 Å². The van der Waals surface area contributed by atoms with Gasteiger partial charge in [-0.05, 0) is 18.8 Å². The lowest BCUT2D eigenvalue weighted by molar-refractivity contribution is 0.430. The summed E-state index contributed by atoms with van der Waals surface area (Å²) >= 11 is 0. The fraction of sp³-hybridized carbons (Fsp3) is 0.964. The second-order valence-electron chi connectivity index (χ2n) is 9.37. The van der Waals surface area contributed by atoms with Crippen molar-refractivity contribution >= 4 is 0 Å². The van der Waals surface area contributed by atoms with E-state index in [2.05, 4.69) is 27.2 Å². The molecular weight excluding hydrogens is 336 g/mol. The summed E-state index contributed by atoms with van der Waals surface area (Å²) in [6.45, 7) is 6.94. The van der Waals surface area contributed by atoms with E-state index < -0.39 is 0 Å². The van der Waals surface area contributed by atoms with E-state index in [0.717, 1.165) is 5.92 Å². The van der Waals surface area contributed by atoms with Crippen molar-refractivity contribution in [1.82, 2.24) is 0 Å². The molecule has 0 heterocycles. The Bertz CT molecular complexity index is 257. The molecular formula is C28H57. The molecule has 0 fully saturated rings. The van der Waals surface area contributed by atoms with Crippen LogP contribution in [-0.4, -0.2) is 0 Å². The molecule has 0 nitrogen and oxygen atoms in total. The molecule has 0 N–H and O–H groups in total. The number of rotatable bonds is 24. The van der Waals surface area contributed by atoms with Gasteiger partial charge in [-0.15, -0.1) is 0 Å². The average molecular weight is 394 g/mol. The van der Waals surface area contributed by atoms with Crippen LogP contribution < -0.4 is 0 Å². The van der Waals surface area contributed by atoms with Gasteiger partial charge in [0.2, 0.25) is 0 Å². The van der Waals surface area contributed by atoms with E-state index in [4.69, 9.17) is 0 Å². The third-order valence-electron chi connectivity index (χ3n) is 6.41. The summed E-state index contributed by atoms with van der Waals surface area (Å²) in [5, 5.41) is 0. The summed E-state index contributed by atoms with van der Waals surface area (Å²) < 4.78 is 0. The van der Waals surface area contributed by atoms with Crippen LogP contribution in [0.5, 0.6) is 0 Å². The summed E-state index contributed by atoms with van der Waals surface area (Å²) in [5.41, 5.74) is 0. The molecule has 0 heteroatoms. The summed E-state index contributed by atoms with van der Waals surface area (Å²) in [4.78, 5) is 0. The number of unbranched alkanes of at least 4 members (excludes halogenated alkanes) is 18. The molecule has 0 bridgehead atoms. The highest BCUT2D eigenvalue weighted by molar-refractivity contribution is 4.76. The van der Waals surface area contributed by atoms with Gasteiger partial charge in [-0.1, -0.05) is 162 Å². The van der Waals surface area contributed by atoms with E-state index in [1.54, 1.807) is 0 Å². The molecule has 0 aromatic rings. The lowest BCUT2D eigenvalue weighted by Crippen LogP contribution is -2.02. The van der Waals surface area contributed by atoms with Gasteiger partial charge in [0.05, 0.1) is 0 Å². The van der Waals surface area contributed by atoms with Crippen LogP contribution in [0.3, 0.4) is 0 Å². The Labute approximate surface area is 181 Å². The van der Waals surface area contributed by atoms with Gasteiger partial charge >= 0.3 is 0 Å². The molecule has 1 unspecified atom stereocenters. The molecule has 0 aliphatic heterocycles. The number of hydrogen-bond donors (Lipinski definition) is 0. The second kappa shape index (κ2) is 25.0. The Kier molecular flexibility index (Phi) is 25.0. The van der Waals surface area contributed by atoms with Crippen molar-refractivity contribution in [3.8, 4) is 0 Å². The molecule has 1 atom stereocenters. The van der Waals surface area contributed by atoms with Gasteiger partial charge in [0, 0.05) is 0 Å². The zero-order valence-electron chi connectivity index (χ0n) is 20.4. The maximum atomic E-state index is 2.72. The van der Waals surface area contributed by atoms with Crippen molar-refractivity contribution in [2.24, 2.45) is 5.92 Å². The van der Waals surface area contributed by atoms with Gasteiger partial charge in [0.25, 0.3) is 0 Å². The molecule has 0 saturated heterocycles. The lowest BCUT2D eigenvalue weighted by atomic mass is 9.89. The monoisotopic (exact) mass is 393 g/mol. The predicted molar refractivity (Wildman–Crippen MR) is 131 cm³/mol. The standard InChI is InChI=1S/C28H57/c1-4-7-10-13-15-16-17-18-21-24-27-28(25-22-19-12-9-6-3)26-23-20-14-11-8-5-2/h25,28H,4-24,26-27H2,1-3H3. The summed E-state index contributed by atoms with van der Waals surface area (Å²) in [7, 11) is 0. The first-order valence-electron chi connectivity index (χ1n) is 13.7. The average Bonchev–Trinajstić information content (AvgIpc) is 2.71. The fourth-order valence-corrected chi connectivity index (χ4v) is 4.39. The Morgan fingerprint density at radius 2 is 0.714 bits per heavy atom. The molecule has 0 aromatic heterocycles. The normalized spacial score (nSPS) is 12.5. The Morgan fingerprint density at radius 1 is 0.393 bits per heavy atom. The first-order chi connectivity index (χ1) is 13.8. The van der Waals surface area contributed by atoms with E-state index in [1.165, 1.54) is 148 Å². The van der Waals surface area contributed by atoms with Crippen molar-refractivity contribution in [2.45, 2.75) is 168 Å². The van der Waals surface area contributed by atoms with E-state index in [1.807, 2.05) is 0 Å². The van der Waals surface area contributed by atoms with E-state index >= 15 is 0 Å². The molecule has 0 rings (SSSR count). The van der Waals surface area contributed by atoms with Crippen molar-refractivity contribution < 1.29 is 0 Å². The van der Waals surface area contributed by atoms with E-state index in [9.17, 15) is 0 Å². The SMILES string of the molecule is CCCCCC[CH]C(CCCCCCCC)CCCCCCCCCCCC. The Morgan fingerprint density at radius 3 is 1.11 bits per heavy atom. The smallest absolute Gasteiger partial charge is 0.0355 e. The summed E-state index contributed by atoms with van der Waals surface area (Å²) in [6, 6.07) is 0. The second-order valence-corrected chi connectivity index (χ2v) is 9.37. The van der Waals surface area contributed by atoms with Crippen LogP contribution in [-0.2, 0) is 0 Å². The van der Waals surface area contributed by atoms with Crippen LogP contribution in [0.1, 0.15) is 168 Å². The lowest BCUT2D eigenvalue weighted by Gasteiger charge is -2.17. The van der Waals surface area contributed by atoms with Gasteiger partial charge in [0.15, 0.2) is 0 Å². The van der Waals surface area contributed by atoms with Crippen LogP contribution in [0.25, 0.3) is 0 Å². The molecule has 0 aliphatic carbocycles. The Balaban J connectivity index is 3.71. The molecule has 0 spiro atoms. The van der Waals surface area contributed by atoms with E-state index in [-0.39, 0.29) is 0 Å². The topological polar surface area (TPSA) is 0 Å². The highest BCUT2D eigenvalue weighted by atomic mass is 14.1. The quantitative estimate of drug-likeness (QED) is 0.143. The molecule has 0 aromatic carbocycles. The molecule has 1 radical (unpaired) electrons. The van der Waals surface area contributed by atoms with Crippen molar-refractivity contribution in [3.63, 3.8) is 0 Å². The maximum absolute atomic E-state index is 2.72. The third kappa shape index (κ3) is 22.3. The molecule has 28 heavy (non-hydrogen) atoms. The molecule has 0 saturated carbocycles. The minimum atomic E-state index is 0.918. The summed E-state index contributed by atoms with van der Waals surface area (Å²) in [6.07, 6.45) is 36.0. The minimum Gasteiger partial charge on any atom is -0.0654 e. The molecule has 0 aliphatic rings. The van der Waals surface area contributed by atoms with Crippen molar-refractivity contribution in [3.05, 3.63) is 6.42 Å². The zero-order chi connectivity index (χ0) is 20.5. The highest BCUT2D eigenvalue weighted by Crippen LogP contribution is 2.24. The molecule has 0 amide bonds. The first-order valence-corrected chi connectivity index (χ1v) is 13.7. The summed E-state index contributed by atoms with van der Waals surface area (Å²) in [5.74, 6) is 0.918. The highest BCUT2D eigenvalue weighted by Gasteiger charge is 2.09. The Hall–Kier alpha value is 0. The van der Waals surface area contributed by atoms with Crippen LogP contribution in [0.4, 0.5) is 0 Å². The van der Waals surface area contributed by atoms with Crippen molar-refractivity contribution in [2.75, 3.05) is 0 Å².